The van der Waals surface area contributed by atoms with Gasteiger partial charge in [0.15, 0.2) is 0 Å². The summed E-state index contributed by atoms with van der Waals surface area (Å²) in [5, 5.41) is 0. The summed E-state index contributed by atoms with van der Waals surface area (Å²) in [5.74, 6) is -0.377. The van der Waals surface area contributed by atoms with Gasteiger partial charge >= 0.3 is 19.3 Å². The molecule has 0 aliphatic carbocycles. The molecule has 1 aromatic heterocycles. The summed E-state index contributed by atoms with van der Waals surface area (Å²) in [6.45, 7) is 18.6. The third-order valence-corrected chi connectivity index (χ3v) is 5.07. The summed E-state index contributed by atoms with van der Waals surface area (Å²) >= 11 is 0. The van der Waals surface area contributed by atoms with Crippen LogP contribution in [0.2, 0.25) is 0 Å². The van der Waals surface area contributed by atoms with Crippen molar-refractivity contribution in [3.63, 3.8) is 0 Å². The Bertz CT molecular complexity index is 864. The van der Waals surface area contributed by atoms with Crippen molar-refractivity contribution in [2.45, 2.75) is 105 Å². The summed E-state index contributed by atoms with van der Waals surface area (Å²) in [7, 11) is -0.922. The Morgan fingerprint density at radius 1 is 1.00 bits per heavy atom. The maximum atomic E-state index is 14.7. The number of halogens is 1. The van der Waals surface area contributed by atoms with Crippen molar-refractivity contribution in [2.75, 3.05) is 4.90 Å². The van der Waals surface area contributed by atoms with Crippen LogP contribution in [-0.4, -0.2) is 51.7 Å². The monoisotopic (exact) mass is 467 g/mol. The predicted octanol–water partition coefficient (Wildman–Crippen LogP) is 4.48. The van der Waals surface area contributed by atoms with Gasteiger partial charge < -0.3 is 18.8 Å². The van der Waals surface area contributed by atoms with Crippen molar-refractivity contribution < 1.29 is 32.8 Å². The Balaban J connectivity index is 2.53. The number of nitrogens with zero attached hydrogens (tertiary/aromatic N) is 3. The highest BCUT2D eigenvalue weighted by Crippen LogP contribution is 2.37. The number of rotatable bonds is 3. The number of carbonyl (C=O) groups is 2. The largest absolute Gasteiger partial charge is 0.498 e. The van der Waals surface area contributed by atoms with E-state index in [-0.39, 0.29) is 17.1 Å². The van der Waals surface area contributed by atoms with Crippen LogP contribution in [0.15, 0.2) is 6.20 Å². The summed E-state index contributed by atoms with van der Waals surface area (Å²) in [4.78, 5) is 34.6. The minimum Gasteiger partial charge on any atom is -0.443 e. The molecule has 9 nitrogen and oxygen atoms in total. The second-order valence-corrected chi connectivity index (χ2v) is 11.0. The number of amides is 2. The summed E-state index contributed by atoms with van der Waals surface area (Å²) in [6.07, 6.45) is -2.37. The third-order valence-electron chi connectivity index (χ3n) is 5.07. The van der Waals surface area contributed by atoms with Gasteiger partial charge in [-0.1, -0.05) is 0 Å². The van der Waals surface area contributed by atoms with E-state index in [0.29, 0.717) is 4.90 Å². The van der Waals surface area contributed by atoms with Gasteiger partial charge in [-0.15, -0.1) is 4.90 Å². The van der Waals surface area contributed by atoms with Crippen LogP contribution >= 0.6 is 0 Å². The number of alkyl halides is 1. The standard InChI is InChI=1S/C22H35BFN3O6/c1-13(24)15-14(23-32-21(8,9)22(10,11)33-23)12-25-16(26-15)27(17(28)30-19(2,3)4)18(29)31-20(5,6)7/h12-13H,1-11H3. The first kappa shape index (κ1) is 27.0. The second kappa shape index (κ2) is 8.83. The van der Waals surface area contributed by atoms with Gasteiger partial charge in [0.25, 0.3) is 0 Å². The second-order valence-electron chi connectivity index (χ2n) is 11.0. The van der Waals surface area contributed by atoms with Gasteiger partial charge in [0.05, 0.1) is 16.9 Å². The Kier molecular flexibility index (Phi) is 7.22. The highest BCUT2D eigenvalue weighted by molar-refractivity contribution is 6.62. The number of hydrogen-bond acceptors (Lipinski definition) is 8. The van der Waals surface area contributed by atoms with Crippen molar-refractivity contribution >= 4 is 30.7 Å². The van der Waals surface area contributed by atoms with E-state index >= 15 is 0 Å². The number of imide groups is 1. The van der Waals surface area contributed by atoms with E-state index in [1.54, 1.807) is 41.5 Å². The van der Waals surface area contributed by atoms with Crippen LogP contribution in [-0.2, 0) is 18.8 Å². The zero-order valence-electron chi connectivity index (χ0n) is 21.4. The van der Waals surface area contributed by atoms with E-state index in [1.807, 2.05) is 27.7 Å². The quantitative estimate of drug-likeness (QED) is 0.600. The topological polar surface area (TPSA) is 100 Å². The molecule has 0 aromatic carbocycles. The van der Waals surface area contributed by atoms with E-state index in [4.69, 9.17) is 18.8 Å². The minimum absolute atomic E-state index is 0.0735. The first-order valence-electron chi connectivity index (χ1n) is 10.9. The van der Waals surface area contributed by atoms with Crippen LogP contribution in [0.25, 0.3) is 0 Å². The molecule has 1 unspecified atom stereocenters. The Morgan fingerprint density at radius 3 is 1.79 bits per heavy atom. The van der Waals surface area contributed by atoms with Crippen LogP contribution in [0.5, 0.6) is 0 Å². The molecule has 0 spiro atoms. The van der Waals surface area contributed by atoms with Crippen molar-refractivity contribution in [1.82, 2.24) is 9.97 Å². The van der Waals surface area contributed by atoms with E-state index in [2.05, 4.69) is 9.97 Å². The van der Waals surface area contributed by atoms with Gasteiger partial charge in [-0.25, -0.2) is 23.9 Å². The molecule has 11 heteroatoms. The van der Waals surface area contributed by atoms with Gasteiger partial charge in [0.2, 0.25) is 5.95 Å². The molecule has 2 amide bonds. The van der Waals surface area contributed by atoms with E-state index in [9.17, 15) is 14.0 Å². The minimum atomic E-state index is -1.57. The van der Waals surface area contributed by atoms with Gasteiger partial charge in [-0.3, -0.25) is 0 Å². The number of hydrogen-bond donors (Lipinski definition) is 0. The SMILES string of the molecule is CC(F)c1nc(N(C(=O)OC(C)(C)C)C(=O)OC(C)(C)C)ncc1B1OC(C)(C)C(C)(C)O1. The molecule has 1 saturated heterocycles. The number of aromatic nitrogens is 2. The number of carbonyl (C=O) groups excluding carboxylic acids is 2. The number of ether oxygens (including phenoxy) is 2. The third kappa shape index (κ3) is 6.41. The molecular formula is C22H35BFN3O6. The van der Waals surface area contributed by atoms with Gasteiger partial charge in [0, 0.05) is 11.7 Å². The van der Waals surface area contributed by atoms with Crippen LogP contribution in [0.3, 0.4) is 0 Å². The maximum Gasteiger partial charge on any atom is 0.498 e. The highest BCUT2D eigenvalue weighted by atomic mass is 19.1. The first-order valence-corrected chi connectivity index (χ1v) is 10.9. The lowest BCUT2D eigenvalue weighted by Crippen LogP contribution is -2.45. The summed E-state index contributed by atoms with van der Waals surface area (Å²) in [6, 6.07) is 0. The number of anilines is 1. The van der Waals surface area contributed by atoms with Crippen LogP contribution in [0, 0.1) is 0 Å². The van der Waals surface area contributed by atoms with Gasteiger partial charge in [-0.05, 0) is 76.2 Å². The lowest BCUT2D eigenvalue weighted by Gasteiger charge is -2.32. The molecular weight excluding hydrogens is 432 g/mol. The predicted molar refractivity (Wildman–Crippen MR) is 122 cm³/mol. The lowest BCUT2D eigenvalue weighted by atomic mass is 9.78. The molecule has 0 N–H and O–H groups in total. The van der Waals surface area contributed by atoms with Crippen LogP contribution in [0.1, 0.15) is 88.0 Å². The van der Waals surface area contributed by atoms with Gasteiger partial charge in [-0.2, -0.15) is 0 Å². The van der Waals surface area contributed by atoms with Crippen molar-refractivity contribution in [3.05, 3.63) is 11.9 Å². The molecule has 0 saturated carbocycles. The first-order chi connectivity index (χ1) is 14.7. The average Bonchev–Trinajstić information content (AvgIpc) is 2.79. The zero-order chi connectivity index (χ0) is 25.6. The molecule has 33 heavy (non-hydrogen) atoms. The van der Waals surface area contributed by atoms with E-state index in [0.717, 1.165) is 0 Å². The van der Waals surface area contributed by atoms with E-state index < -0.39 is 47.9 Å². The maximum absolute atomic E-state index is 14.7. The smallest absolute Gasteiger partial charge is 0.443 e. The fourth-order valence-corrected chi connectivity index (χ4v) is 2.83. The summed E-state index contributed by atoms with van der Waals surface area (Å²) in [5.41, 5.74) is -2.94. The molecule has 2 heterocycles. The van der Waals surface area contributed by atoms with Crippen molar-refractivity contribution in [3.8, 4) is 0 Å². The normalized spacial score (nSPS) is 18.6. The zero-order valence-corrected chi connectivity index (χ0v) is 21.4. The molecule has 0 radical (unpaired) electrons. The Labute approximate surface area is 195 Å². The highest BCUT2D eigenvalue weighted by Gasteiger charge is 2.53. The average molecular weight is 467 g/mol. The molecule has 184 valence electrons. The summed E-state index contributed by atoms with van der Waals surface area (Å²) < 4.78 is 37.3. The Hall–Kier alpha value is -2.27. The molecule has 1 aliphatic rings. The molecule has 1 aliphatic heterocycles. The molecule has 0 bridgehead atoms. The molecule has 2 rings (SSSR count). The molecule has 1 atom stereocenters. The van der Waals surface area contributed by atoms with E-state index in [1.165, 1.54) is 13.1 Å². The fraction of sp³-hybridized carbons (Fsp3) is 0.727. The van der Waals surface area contributed by atoms with Crippen molar-refractivity contribution in [2.24, 2.45) is 0 Å². The van der Waals surface area contributed by atoms with Gasteiger partial charge in [0.1, 0.15) is 17.4 Å². The molecule has 1 fully saturated rings. The lowest BCUT2D eigenvalue weighted by molar-refractivity contribution is 0.00578. The van der Waals surface area contributed by atoms with Crippen LogP contribution < -0.4 is 10.4 Å². The Morgan fingerprint density at radius 2 is 1.42 bits per heavy atom. The fourth-order valence-electron chi connectivity index (χ4n) is 2.83. The van der Waals surface area contributed by atoms with Crippen molar-refractivity contribution in [1.29, 1.82) is 0 Å². The van der Waals surface area contributed by atoms with Crippen LogP contribution in [0.4, 0.5) is 19.9 Å². The molecule has 1 aromatic rings.